The van der Waals surface area contributed by atoms with E-state index in [0.29, 0.717) is 23.0 Å². The summed E-state index contributed by atoms with van der Waals surface area (Å²) in [4.78, 5) is 31.7. The number of hydrogen-bond acceptors (Lipinski definition) is 3. The number of nitrogens with one attached hydrogen (secondary N) is 1. The molecule has 2 aromatic rings. The van der Waals surface area contributed by atoms with Crippen molar-refractivity contribution in [1.82, 2.24) is 15.2 Å². The molecule has 0 spiro atoms. The molecule has 2 fully saturated rings. The number of nitrogens with zero attached hydrogens (tertiary/aromatic N) is 2. The molecule has 158 valence electrons. The van der Waals surface area contributed by atoms with E-state index in [1.165, 1.54) is 0 Å². The van der Waals surface area contributed by atoms with E-state index in [4.69, 9.17) is 11.6 Å². The van der Waals surface area contributed by atoms with Crippen molar-refractivity contribution in [2.45, 2.75) is 43.9 Å². The van der Waals surface area contributed by atoms with Crippen LogP contribution in [-0.4, -0.2) is 41.3 Å². The molecule has 0 unspecified atom stereocenters. The van der Waals surface area contributed by atoms with Gasteiger partial charge in [0.1, 0.15) is 0 Å². The van der Waals surface area contributed by atoms with Crippen LogP contribution in [0.5, 0.6) is 0 Å². The highest BCUT2D eigenvalue weighted by atomic mass is 35.5. The molecule has 5 nitrogen and oxygen atoms in total. The van der Waals surface area contributed by atoms with Gasteiger partial charge in [-0.2, -0.15) is 0 Å². The number of hydrogen-bond donors (Lipinski definition) is 1. The summed E-state index contributed by atoms with van der Waals surface area (Å²) in [5.41, 5.74) is 1.32. The van der Waals surface area contributed by atoms with E-state index in [9.17, 15) is 9.59 Å². The Morgan fingerprint density at radius 2 is 1.67 bits per heavy atom. The Morgan fingerprint density at radius 1 is 1.03 bits per heavy atom. The van der Waals surface area contributed by atoms with Gasteiger partial charge in [-0.05, 0) is 61.4 Å². The average Bonchev–Trinajstić information content (AvgIpc) is 3.30. The van der Waals surface area contributed by atoms with E-state index >= 15 is 0 Å². The Morgan fingerprint density at radius 3 is 2.30 bits per heavy atom. The fourth-order valence-corrected chi connectivity index (χ4v) is 4.94. The van der Waals surface area contributed by atoms with E-state index in [1.54, 1.807) is 24.5 Å². The molecule has 2 heterocycles. The van der Waals surface area contributed by atoms with E-state index < -0.39 is 5.41 Å². The molecule has 4 rings (SSSR count). The summed E-state index contributed by atoms with van der Waals surface area (Å²) in [6, 6.07) is 11.3. The van der Waals surface area contributed by atoms with Gasteiger partial charge in [0.2, 0.25) is 5.91 Å². The molecule has 2 amide bonds. The third-order valence-corrected chi connectivity index (χ3v) is 6.92. The van der Waals surface area contributed by atoms with Crippen molar-refractivity contribution in [3.63, 3.8) is 0 Å². The van der Waals surface area contributed by atoms with Crippen LogP contribution in [0.3, 0.4) is 0 Å². The Bertz CT molecular complexity index is 871. The van der Waals surface area contributed by atoms with Gasteiger partial charge in [0.15, 0.2) is 0 Å². The highest BCUT2D eigenvalue weighted by molar-refractivity contribution is 6.30. The number of benzene rings is 1. The predicted octanol–water partition coefficient (Wildman–Crippen LogP) is 4.22. The molecular weight excluding hydrogens is 398 g/mol. The van der Waals surface area contributed by atoms with Crippen molar-refractivity contribution in [3.05, 3.63) is 64.9 Å². The monoisotopic (exact) mass is 425 g/mol. The smallest absolute Gasteiger partial charge is 0.253 e. The fraction of sp³-hybridized carbons (Fsp3) is 0.458. The third kappa shape index (κ3) is 4.36. The second-order valence-electron chi connectivity index (χ2n) is 8.48. The molecule has 1 saturated heterocycles. The molecule has 2 aliphatic rings. The summed E-state index contributed by atoms with van der Waals surface area (Å²) >= 11 is 6.05. The lowest BCUT2D eigenvalue weighted by Crippen LogP contribution is -2.46. The van der Waals surface area contributed by atoms with Gasteiger partial charge >= 0.3 is 0 Å². The molecule has 1 aromatic heterocycles. The molecule has 0 bridgehead atoms. The maximum atomic E-state index is 13.2. The topological polar surface area (TPSA) is 62.3 Å². The number of amides is 2. The maximum absolute atomic E-state index is 13.2. The Hall–Kier alpha value is -2.40. The lowest BCUT2D eigenvalue weighted by atomic mass is 9.78. The van der Waals surface area contributed by atoms with Gasteiger partial charge in [-0.3, -0.25) is 14.6 Å². The van der Waals surface area contributed by atoms with E-state index in [2.05, 4.69) is 10.3 Å². The van der Waals surface area contributed by atoms with Gasteiger partial charge in [-0.1, -0.05) is 36.6 Å². The first-order chi connectivity index (χ1) is 14.6. The van der Waals surface area contributed by atoms with Crippen molar-refractivity contribution >= 4 is 23.4 Å². The van der Waals surface area contributed by atoms with Gasteiger partial charge in [0.25, 0.3) is 5.91 Å². The summed E-state index contributed by atoms with van der Waals surface area (Å²) in [6.07, 6.45) is 9.04. The molecule has 1 saturated carbocycles. The molecule has 30 heavy (non-hydrogen) atoms. The minimum Gasteiger partial charge on any atom is -0.355 e. The van der Waals surface area contributed by atoms with Crippen molar-refractivity contribution < 1.29 is 9.59 Å². The van der Waals surface area contributed by atoms with Gasteiger partial charge in [0.05, 0.1) is 5.41 Å². The highest BCUT2D eigenvalue weighted by Gasteiger charge is 2.42. The quantitative estimate of drug-likeness (QED) is 0.780. The van der Waals surface area contributed by atoms with Crippen molar-refractivity contribution in [2.75, 3.05) is 19.6 Å². The third-order valence-electron chi connectivity index (χ3n) is 6.67. The molecule has 0 radical (unpaired) electrons. The van der Waals surface area contributed by atoms with Crippen LogP contribution in [0.25, 0.3) is 0 Å². The number of aromatic nitrogens is 1. The summed E-state index contributed by atoms with van der Waals surface area (Å²) in [5, 5.41) is 3.94. The number of halogens is 1. The molecule has 1 aromatic carbocycles. The van der Waals surface area contributed by atoms with E-state index in [0.717, 1.165) is 57.2 Å². The number of carbonyl (C=O) groups excluding carboxylic acids is 2. The van der Waals surface area contributed by atoms with Crippen LogP contribution in [0.4, 0.5) is 0 Å². The number of pyridine rings is 1. The van der Waals surface area contributed by atoms with E-state index in [1.807, 2.05) is 29.2 Å². The van der Waals surface area contributed by atoms with Gasteiger partial charge in [0, 0.05) is 42.6 Å². The summed E-state index contributed by atoms with van der Waals surface area (Å²) in [5.74, 6) is 0.601. The van der Waals surface area contributed by atoms with Crippen LogP contribution in [0.1, 0.15) is 54.4 Å². The second kappa shape index (κ2) is 9.17. The average molecular weight is 426 g/mol. The Kier molecular flexibility index (Phi) is 6.38. The van der Waals surface area contributed by atoms with Crippen LogP contribution < -0.4 is 5.32 Å². The number of carbonyl (C=O) groups is 2. The lowest BCUT2D eigenvalue weighted by Gasteiger charge is -2.33. The zero-order chi connectivity index (χ0) is 21.0. The Labute approximate surface area is 182 Å². The van der Waals surface area contributed by atoms with Crippen LogP contribution >= 0.6 is 11.6 Å². The molecule has 0 atom stereocenters. The standard InChI is InChI=1S/C24H28ClN3O2/c25-21-5-3-20(4-6-21)24(11-1-2-12-24)23(30)27-17-18-9-15-28(16-10-18)22(29)19-7-13-26-14-8-19/h3-8,13-14,18H,1-2,9-12,15-17H2,(H,27,30). The first-order valence-corrected chi connectivity index (χ1v) is 11.2. The maximum Gasteiger partial charge on any atom is 0.253 e. The van der Waals surface area contributed by atoms with Crippen LogP contribution in [0, 0.1) is 5.92 Å². The number of piperidine rings is 1. The number of likely N-dealkylation sites (tertiary alicyclic amines) is 1. The second-order valence-corrected chi connectivity index (χ2v) is 8.91. The normalized spacial score (nSPS) is 18.9. The molecule has 1 N–H and O–H groups in total. The van der Waals surface area contributed by atoms with Crippen molar-refractivity contribution in [1.29, 1.82) is 0 Å². The van der Waals surface area contributed by atoms with Gasteiger partial charge < -0.3 is 10.2 Å². The first kappa shape index (κ1) is 20.9. The highest BCUT2D eigenvalue weighted by Crippen LogP contribution is 2.41. The van der Waals surface area contributed by atoms with Gasteiger partial charge in [-0.15, -0.1) is 0 Å². The molecular formula is C24H28ClN3O2. The lowest BCUT2D eigenvalue weighted by molar-refractivity contribution is -0.126. The molecule has 1 aliphatic heterocycles. The SMILES string of the molecule is O=C(c1ccncc1)N1CCC(CNC(=O)C2(c3ccc(Cl)cc3)CCCC2)CC1. The van der Waals surface area contributed by atoms with Crippen molar-refractivity contribution in [2.24, 2.45) is 5.92 Å². The molecule has 6 heteroatoms. The summed E-state index contributed by atoms with van der Waals surface area (Å²) in [7, 11) is 0. The van der Waals surface area contributed by atoms with Crippen LogP contribution in [0.15, 0.2) is 48.8 Å². The fourth-order valence-electron chi connectivity index (χ4n) is 4.82. The minimum absolute atomic E-state index is 0.0625. The molecule has 1 aliphatic carbocycles. The first-order valence-electron chi connectivity index (χ1n) is 10.8. The summed E-state index contributed by atoms with van der Waals surface area (Å²) in [6.45, 7) is 2.12. The minimum atomic E-state index is -0.428. The van der Waals surface area contributed by atoms with Crippen molar-refractivity contribution in [3.8, 4) is 0 Å². The summed E-state index contributed by atoms with van der Waals surface area (Å²) < 4.78 is 0. The number of rotatable bonds is 5. The zero-order valence-electron chi connectivity index (χ0n) is 17.1. The van der Waals surface area contributed by atoms with Crippen LogP contribution in [0.2, 0.25) is 5.02 Å². The predicted molar refractivity (Wildman–Crippen MR) is 117 cm³/mol. The largest absolute Gasteiger partial charge is 0.355 e. The Balaban J connectivity index is 1.32. The van der Waals surface area contributed by atoms with Crippen LogP contribution in [-0.2, 0) is 10.2 Å². The van der Waals surface area contributed by atoms with Gasteiger partial charge in [-0.25, -0.2) is 0 Å². The van der Waals surface area contributed by atoms with E-state index in [-0.39, 0.29) is 11.8 Å². The zero-order valence-corrected chi connectivity index (χ0v) is 17.9.